The van der Waals surface area contributed by atoms with Crippen LogP contribution in [0.1, 0.15) is 42.4 Å². The van der Waals surface area contributed by atoms with E-state index in [4.69, 9.17) is 5.26 Å². The molecule has 21 heavy (non-hydrogen) atoms. The Morgan fingerprint density at radius 3 is 2.33 bits per heavy atom. The van der Waals surface area contributed by atoms with Gasteiger partial charge in [0.15, 0.2) is 0 Å². The monoisotopic (exact) mass is 277 g/mol. The SMILES string of the molecule is CC(=O)C[C@H](CCc1ccccc1)c1ccc(C#N)cc1. The lowest BCUT2D eigenvalue weighted by Crippen LogP contribution is -2.06. The molecule has 0 aliphatic rings. The van der Waals surface area contributed by atoms with Gasteiger partial charge in [0.25, 0.3) is 0 Å². The summed E-state index contributed by atoms with van der Waals surface area (Å²) in [6, 6.07) is 20.0. The number of nitrogens with zero attached hydrogens (tertiary/aromatic N) is 1. The first-order chi connectivity index (χ1) is 10.2. The van der Waals surface area contributed by atoms with E-state index in [0.717, 1.165) is 18.4 Å². The van der Waals surface area contributed by atoms with Gasteiger partial charge in [-0.15, -0.1) is 0 Å². The van der Waals surface area contributed by atoms with E-state index >= 15 is 0 Å². The first-order valence-electron chi connectivity index (χ1n) is 7.22. The topological polar surface area (TPSA) is 40.9 Å². The van der Waals surface area contributed by atoms with Gasteiger partial charge in [0, 0.05) is 6.42 Å². The number of rotatable bonds is 6. The molecule has 0 saturated heterocycles. The van der Waals surface area contributed by atoms with Gasteiger partial charge in [-0.3, -0.25) is 0 Å². The van der Waals surface area contributed by atoms with Crippen molar-refractivity contribution in [1.82, 2.24) is 0 Å². The molecule has 2 heteroatoms. The Bertz CT molecular complexity index is 623. The van der Waals surface area contributed by atoms with Gasteiger partial charge < -0.3 is 4.79 Å². The maximum absolute atomic E-state index is 11.5. The van der Waals surface area contributed by atoms with E-state index in [0.29, 0.717) is 12.0 Å². The summed E-state index contributed by atoms with van der Waals surface area (Å²) in [6.45, 7) is 1.64. The third kappa shape index (κ3) is 4.57. The maximum Gasteiger partial charge on any atom is 0.130 e. The zero-order chi connectivity index (χ0) is 15.1. The highest BCUT2D eigenvalue weighted by Gasteiger charge is 2.14. The molecule has 0 aliphatic heterocycles. The van der Waals surface area contributed by atoms with Gasteiger partial charge in [-0.25, -0.2) is 0 Å². The predicted octanol–water partition coefficient (Wildman–Crippen LogP) is 4.25. The Morgan fingerprint density at radius 2 is 1.76 bits per heavy atom. The molecule has 0 radical (unpaired) electrons. The summed E-state index contributed by atoms with van der Waals surface area (Å²) in [5.41, 5.74) is 3.09. The summed E-state index contributed by atoms with van der Waals surface area (Å²) < 4.78 is 0. The van der Waals surface area contributed by atoms with E-state index in [1.807, 2.05) is 42.5 Å². The van der Waals surface area contributed by atoms with Crippen LogP contribution in [0.25, 0.3) is 0 Å². The number of nitriles is 1. The highest BCUT2D eigenvalue weighted by atomic mass is 16.1. The molecule has 0 bridgehead atoms. The van der Waals surface area contributed by atoms with Crippen LogP contribution >= 0.6 is 0 Å². The molecule has 2 aromatic rings. The second-order valence-corrected chi connectivity index (χ2v) is 5.36. The molecule has 106 valence electrons. The fourth-order valence-corrected chi connectivity index (χ4v) is 2.55. The van der Waals surface area contributed by atoms with E-state index < -0.39 is 0 Å². The molecule has 0 aliphatic carbocycles. The van der Waals surface area contributed by atoms with E-state index in [1.54, 1.807) is 6.92 Å². The van der Waals surface area contributed by atoms with Crippen LogP contribution in [0.4, 0.5) is 0 Å². The normalized spacial score (nSPS) is 11.6. The van der Waals surface area contributed by atoms with Gasteiger partial charge in [-0.2, -0.15) is 5.26 Å². The van der Waals surface area contributed by atoms with Crippen LogP contribution in [0, 0.1) is 11.3 Å². The van der Waals surface area contributed by atoms with Crippen LogP contribution in [0.15, 0.2) is 54.6 Å². The second-order valence-electron chi connectivity index (χ2n) is 5.36. The molecule has 0 fully saturated rings. The van der Waals surface area contributed by atoms with Gasteiger partial charge in [-0.1, -0.05) is 42.5 Å². The maximum atomic E-state index is 11.5. The third-order valence-corrected chi connectivity index (χ3v) is 3.67. The van der Waals surface area contributed by atoms with Crippen molar-refractivity contribution in [3.05, 3.63) is 71.3 Å². The molecule has 0 heterocycles. The first-order valence-corrected chi connectivity index (χ1v) is 7.22. The fourth-order valence-electron chi connectivity index (χ4n) is 2.55. The molecule has 0 spiro atoms. The molecular formula is C19H19NO. The van der Waals surface area contributed by atoms with E-state index in [1.165, 1.54) is 5.56 Å². The lowest BCUT2D eigenvalue weighted by molar-refractivity contribution is -0.117. The van der Waals surface area contributed by atoms with Gasteiger partial charge in [0.1, 0.15) is 5.78 Å². The van der Waals surface area contributed by atoms with E-state index in [2.05, 4.69) is 18.2 Å². The molecule has 0 unspecified atom stereocenters. The summed E-state index contributed by atoms with van der Waals surface area (Å²) in [5, 5.41) is 8.86. The summed E-state index contributed by atoms with van der Waals surface area (Å²) in [7, 11) is 0. The summed E-state index contributed by atoms with van der Waals surface area (Å²) in [6.07, 6.45) is 2.45. The highest BCUT2D eigenvalue weighted by molar-refractivity contribution is 5.76. The van der Waals surface area contributed by atoms with Crippen LogP contribution in [0.2, 0.25) is 0 Å². The van der Waals surface area contributed by atoms with Crippen molar-refractivity contribution >= 4 is 5.78 Å². The highest BCUT2D eigenvalue weighted by Crippen LogP contribution is 2.26. The minimum atomic E-state index is 0.206. The lowest BCUT2D eigenvalue weighted by Gasteiger charge is -2.16. The van der Waals surface area contributed by atoms with Gasteiger partial charge in [-0.05, 0) is 48.9 Å². The van der Waals surface area contributed by atoms with Crippen molar-refractivity contribution in [3.8, 4) is 6.07 Å². The smallest absolute Gasteiger partial charge is 0.130 e. The lowest BCUT2D eigenvalue weighted by atomic mass is 9.88. The Balaban J connectivity index is 2.10. The zero-order valence-electron chi connectivity index (χ0n) is 12.3. The molecule has 0 amide bonds. The number of aryl methyl sites for hydroxylation is 1. The van der Waals surface area contributed by atoms with Crippen LogP contribution in [-0.4, -0.2) is 5.78 Å². The van der Waals surface area contributed by atoms with Crippen LogP contribution in [0.3, 0.4) is 0 Å². The largest absolute Gasteiger partial charge is 0.300 e. The Morgan fingerprint density at radius 1 is 1.10 bits per heavy atom. The van der Waals surface area contributed by atoms with Crippen LogP contribution in [0.5, 0.6) is 0 Å². The first kappa shape index (κ1) is 15.0. The van der Waals surface area contributed by atoms with E-state index in [9.17, 15) is 4.79 Å². The molecule has 2 rings (SSSR count). The molecule has 1 atom stereocenters. The van der Waals surface area contributed by atoms with Crippen molar-refractivity contribution in [3.63, 3.8) is 0 Å². The second kappa shape index (κ2) is 7.40. The predicted molar refractivity (Wildman–Crippen MR) is 84.0 cm³/mol. The zero-order valence-corrected chi connectivity index (χ0v) is 12.3. The Hall–Kier alpha value is -2.40. The number of benzene rings is 2. The van der Waals surface area contributed by atoms with Crippen molar-refractivity contribution in [2.45, 2.75) is 32.1 Å². The van der Waals surface area contributed by atoms with Gasteiger partial charge in [0.05, 0.1) is 11.6 Å². The summed E-state index contributed by atoms with van der Waals surface area (Å²) in [4.78, 5) is 11.5. The number of carbonyl (C=O) groups excluding carboxylic acids is 1. The Labute approximate surface area is 126 Å². The molecule has 2 nitrogen and oxygen atoms in total. The molecule has 2 aromatic carbocycles. The number of carbonyl (C=O) groups is 1. The molecule has 0 aromatic heterocycles. The van der Waals surface area contributed by atoms with Crippen molar-refractivity contribution in [1.29, 1.82) is 5.26 Å². The molecule has 0 N–H and O–H groups in total. The quantitative estimate of drug-likeness (QED) is 0.791. The number of hydrogen-bond donors (Lipinski definition) is 0. The van der Waals surface area contributed by atoms with Gasteiger partial charge in [0.2, 0.25) is 0 Å². The van der Waals surface area contributed by atoms with Crippen molar-refractivity contribution in [2.75, 3.05) is 0 Å². The summed E-state index contributed by atoms with van der Waals surface area (Å²) in [5.74, 6) is 0.424. The molecular weight excluding hydrogens is 258 g/mol. The average Bonchev–Trinajstić information content (AvgIpc) is 2.52. The number of ketones is 1. The van der Waals surface area contributed by atoms with Crippen molar-refractivity contribution < 1.29 is 4.79 Å². The standard InChI is InChI=1S/C19H19NO/c1-15(21)13-19(12-7-16-5-3-2-4-6-16)18-10-8-17(14-20)9-11-18/h2-6,8-11,19H,7,12-13H2,1H3/t19-/m0/s1. The fraction of sp³-hybridized carbons (Fsp3) is 0.263. The Kier molecular flexibility index (Phi) is 5.29. The number of Topliss-reactive ketones (excluding diaryl/α,β-unsaturated/α-hetero) is 1. The van der Waals surface area contributed by atoms with Gasteiger partial charge >= 0.3 is 0 Å². The number of hydrogen-bond acceptors (Lipinski definition) is 2. The van der Waals surface area contributed by atoms with Crippen LogP contribution in [-0.2, 0) is 11.2 Å². The average molecular weight is 277 g/mol. The molecule has 0 saturated carbocycles. The van der Waals surface area contributed by atoms with Crippen molar-refractivity contribution in [2.24, 2.45) is 0 Å². The van der Waals surface area contributed by atoms with Crippen LogP contribution < -0.4 is 0 Å². The minimum absolute atomic E-state index is 0.206. The third-order valence-electron chi connectivity index (χ3n) is 3.67. The summed E-state index contributed by atoms with van der Waals surface area (Å²) >= 11 is 0. The van der Waals surface area contributed by atoms with E-state index in [-0.39, 0.29) is 11.7 Å². The minimum Gasteiger partial charge on any atom is -0.300 e.